The summed E-state index contributed by atoms with van der Waals surface area (Å²) in [7, 11) is 0. The number of esters is 1. The molecule has 3 rings (SSSR count). The van der Waals surface area contributed by atoms with Crippen molar-refractivity contribution in [2.75, 3.05) is 0 Å². The van der Waals surface area contributed by atoms with Gasteiger partial charge in [-0.2, -0.15) is 0 Å². The number of ether oxygens (including phenoxy) is 1. The number of aryl methyl sites for hydroxylation is 1. The molecule has 0 spiro atoms. The van der Waals surface area contributed by atoms with Gasteiger partial charge in [0.1, 0.15) is 6.61 Å². The predicted molar refractivity (Wildman–Crippen MR) is 78.3 cm³/mol. The third-order valence-electron chi connectivity index (χ3n) is 3.82. The van der Waals surface area contributed by atoms with Crippen LogP contribution in [0.15, 0.2) is 54.6 Å². The largest absolute Gasteiger partial charge is 0.461 e. The molecule has 2 aromatic rings. The minimum atomic E-state index is -0.0700. The van der Waals surface area contributed by atoms with Crippen LogP contribution in [0.2, 0.25) is 0 Å². The molecule has 1 aliphatic carbocycles. The first kappa shape index (κ1) is 12.9. The Morgan fingerprint density at radius 2 is 1.80 bits per heavy atom. The Hall–Kier alpha value is -2.09. The van der Waals surface area contributed by atoms with E-state index < -0.39 is 0 Å². The molecule has 102 valence electrons. The summed E-state index contributed by atoms with van der Waals surface area (Å²) in [6.45, 7) is 2.44. The maximum absolute atomic E-state index is 12.0. The van der Waals surface area contributed by atoms with Crippen molar-refractivity contribution in [1.82, 2.24) is 0 Å². The molecule has 0 aliphatic heterocycles. The maximum Gasteiger partial charge on any atom is 0.309 e. The summed E-state index contributed by atoms with van der Waals surface area (Å²) in [5.41, 5.74) is 3.53. The Bertz CT molecular complexity index is 587. The first-order valence-electron chi connectivity index (χ1n) is 7.01. The fraction of sp³-hybridized carbons (Fsp3) is 0.278. The fourth-order valence-corrected chi connectivity index (χ4v) is 2.47. The highest BCUT2D eigenvalue weighted by molar-refractivity contribution is 5.77. The molecule has 2 heteroatoms. The molecule has 2 atom stereocenters. The Balaban J connectivity index is 1.54. The molecule has 0 bridgehead atoms. The highest BCUT2D eigenvalue weighted by atomic mass is 16.5. The van der Waals surface area contributed by atoms with Crippen LogP contribution in [0.4, 0.5) is 0 Å². The summed E-state index contributed by atoms with van der Waals surface area (Å²) in [6, 6.07) is 18.2. The lowest BCUT2D eigenvalue weighted by molar-refractivity contribution is -0.146. The van der Waals surface area contributed by atoms with Gasteiger partial charge in [-0.15, -0.1) is 0 Å². The number of rotatable bonds is 4. The van der Waals surface area contributed by atoms with Crippen LogP contribution in [0.25, 0.3) is 0 Å². The van der Waals surface area contributed by atoms with E-state index in [4.69, 9.17) is 4.74 Å². The Labute approximate surface area is 119 Å². The van der Waals surface area contributed by atoms with Crippen molar-refractivity contribution in [1.29, 1.82) is 0 Å². The van der Waals surface area contributed by atoms with Gasteiger partial charge in [0.25, 0.3) is 0 Å². The third kappa shape index (κ3) is 2.90. The molecule has 1 aliphatic rings. The molecule has 20 heavy (non-hydrogen) atoms. The second kappa shape index (κ2) is 5.49. The van der Waals surface area contributed by atoms with Crippen LogP contribution in [0.5, 0.6) is 0 Å². The first-order valence-corrected chi connectivity index (χ1v) is 7.01. The molecule has 0 aromatic heterocycles. The van der Waals surface area contributed by atoms with E-state index in [-0.39, 0.29) is 11.9 Å². The number of benzene rings is 2. The zero-order chi connectivity index (χ0) is 13.9. The van der Waals surface area contributed by atoms with E-state index in [1.54, 1.807) is 0 Å². The molecule has 2 nitrogen and oxygen atoms in total. The van der Waals surface area contributed by atoms with Crippen LogP contribution in [-0.4, -0.2) is 5.97 Å². The number of carbonyl (C=O) groups excluding carboxylic acids is 1. The zero-order valence-corrected chi connectivity index (χ0v) is 11.6. The Morgan fingerprint density at radius 3 is 2.50 bits per heavy atom. The number of carbonyl (C=O) groups is 1. The van der Waals surface area contributed by atoms with Crippen LogP contribution in [0.1, 0.15) is 29.0 Å². The van der Waals surface area contributed by atoms with Crippen LogP contribution >= 0.6 is 0 Å². The molecule has 1 fully saturated rings. The molecule has 0 radical (unpaired) electrons. The zero-order valence-electron chi connectivity index (χ0n) is 11.6. The molecule has 0 saturated heterocycles. The van der Waals surface area contributed by atoms with E-state index in [9.17, 15) is 4.79 Å². The molecule has 2 aromatic carbocycles. The quantitative estimate of drug-likeness (QED) is 0.786. The van der Waals surface area contributed by atoms with E-state index in [0.29, 0.717) is 12.5 Å². The molecule has 0 N–H and O–H groups in total. The fourth-order valence-electron chi connectivity index (χ4n) is 2.47. The number of hydrogen-bond acceptors (Lipinski definition) is 2. The van der Waals surface area contributed by atoms with Gasteiger partial charge in [0.2, 0.25) is 0 Å². The predicted octanol–water partition coefficient (Wildman–Crippen LogP) is 3.84. The van der Waals surface area contributed by atoms with E-state index in [2.05, 4.69) is 31.2 Å². The van der Waals surface area contributed by atoms with E-state index in [1.165, 1.54) is 11.1 Å². The molecule has 0 heterocycles. The lowest BCUT2D eigenvalue weighted by Crippen LogP contribution is -2.07. The highest BCUT2D eigenvalue weighted by Gasteiger charge is 2.45. The minimum absolute atomic E-state index is 0.0430. The maximum atomic E-state index is 12.0. The van der Waals surface area contributed by atoms with Crippen molar-refractivity contribution in [3.05, 3.63) is 71.3 Å². The normalized spacial score (nSPS) is 20.4. The van der Waals surface area contributed by atoms with Crippen LogP contribution in [-0.2, 0) is 16.1 Å². The Kier molecular flexibility index (Phi) is 3.55. The average molecular weight is 266 g/mol. The lowest BCUT2D eigenvalue weighted by atomic mass is 10.1. The van der Waals surface area contributed by atoms with E-state index >= 15 is 0 Å². The molecule has 0 amide bonds. The Morgan fingerprint density at radius 1 is 1.10 bits per heavy atom. The van der Waals surface area contributed by atoms with E-state index in [0.717, 1.165) is 12.0 Å². The summed E-state index contributed by atoms with van der Waals surface area (Å²) in [6.07, 6.45) is 0.913. The summed E-state index contributed by atoms with van der Waals surface area (Å²) < 4.78 is 5.39. The average Bonchev–Trinajstić information content (AvgIpc) is 3.27. The van der Waals surface area contributed by atoms with Crippen LogP contribution in [0, 0.1) is 12.8 Å². The van der Waals surface area contributed by atoms with E-state index in [1.807, 2.05) is 30.3 Å². The van der Waals surface area contributed by atoms with Crippen LogP contribution < -0.4 is 0 Å². The van der Waals surface area contributed by atoms with Crippen molar-refractivity contribution in [3.63, 3.8) is 0 Å². The minimum Gasteiger partial charge on any atom is -0.461 e. The summed E-state index contributed by atoms with van der Waals surface area (Å²) in [4.78, 5) is 12.0. The SMILES string of the molecule is Cc1ccc(C2C[C@H]2C(=O)OCc2ccccc2)cc1. The molecule has 1 unspecified atom stereocenters. The van der Waals surface area contributed by atoms with Gasteiger partial charge in [-0.1, -0.05) is 60.2 Å². The van der Waals surface area contributed by atoms with Gasteiger partial charge in [0.05, 0.1) is 5.92 Å². The van der Waals surface area contributed by atoms with Gasteiger partial charge in [-0.05, 0) is 30.4 Å². The van der Waals surface area contributed by atoms with Crippen molar-refractivity contribution in [3.8, 4) is 0 Å². The first-order chi connectivity index (χ1) is 9.74. The van der Waals surface area contributed by atoms with Gasteiger partial charge in [0.15, 0.2) is 0 Å². The van der Waals surface area contributed by atoms with Gasteiger partial charge >= 0.3 is 5.97 Å². The molecule has 1 saturated carbocycles. The van der Waals surface area contributed by atoms with Crippen molar-refractivity contribution in [2.24, 2.45) is 5.92 Å². The summed E-state index contributed by atoms with van der Waals surface area (Å²) in [5.74, 6) is 0.319. The van der Waals surface area contributed by atoms with Crippen molar-refractivity contribution >= 4 is 5.97 Å². The summed E-state index contributed by atoms with van der Waals surface area (Å²) in [5, 5.41) is 0. The topological polar surface area (TPSA) is 26.3 Å². The molecular formula is C18H18O2. The van der Waals surface area contributed by atoms with Crippen LogP contribution in [0.3, 0.4) is 0 Å². The standard InChI is InChI=1S/C18H18O2/c1-13-7-9-15(10-8-13)16-11-17(16)18(19)20-12-14-5-3-2-4-6-14/h2-10,16-17H,11-12H2,1H3/t16?,17-/m1/s1. The molecular weight excluding hydrogens is 248 g/mol. The summed E-state index contributed by atoms with van der Waals surface area (Å²) >= 11 is 0. The second-order valence-corrected chi connectivity index (χ2v) is 5.45. The lowest BCUT2D eigenvalue weighted by Gasteiger charge is -2.05. The number of hydrogen-bond donors (Lipinski definition) is 0. The smallest absolute Gasteiger partial charge is 0.309 e. The van der Waals surface area contributed by atoms with Gasteiger partial charge in [-0.25, -0.2) is 0 Å². The highest BCUT2D eigenvalue weighted by Crippen LogP contribution is 2.48. The third-order valence-corrected chi connectivity index (χ3v) is 3.82. The monoisotopic (exact) mass is 266 g/mol. The van der Waals surface area contributed by atoms with Crippen molar-refractivity contribution < 1.29 is 9.53 Å². The second-order valence-electron chi connectivity index (χ2n) is 5.45. The van der Waals surface area contributed by atoms with Crippen molar-refractivity contribution in [2.45, 2.75) is 25.9 Å². The van der Waals surface area contributed by atoms with Gasteiger partial charge < -0.3 is 4.74 Å². The van der Waals surface area contributed by atoms with Gasteiger partial charge in [0, 0.05) is 0 Å². The van der Waals surface area contributed by atoms with Gasteiger partial charge in [-0.3, -0.25) is 4.79 Å².